The minimum absolute atomic E-state index is 0.284. The Hall–Kier alpha value is -4.67. The number of pyridine rings is 1. The van der Waals surface area contributed by atoms with Crippen LogP contribution in [-0.2, 0) is 12.8 Å². The van der Waals surface area contributed by atoms with Crippen LogP contribution in [0, 0.1) is 13.8 Å². The largest absolute Gasteiger partial charge is 0.493 e. The molecule has 11 nitrogen and oxygen atoms in total. The first-order valence-electron chi connectivity index (χ1n) is 13.5. The first-order valence-corrected chi connectivity index (χ1v) is 13.5. The van der Waals surface area contributed by atoms with Gasteiger partial charge in [-0.15, -0.1) is 0 Å². The number of carbonyl (C=O) groups is 2. The van der Waals surface area contributed by atoms with E-state index in [0.29, 0.717) is 71.7 Å². The maximum absolute atomic E-state index is 13.0. The molecule has 0 bridgehead atoms. The zero-order chi connectivity index (χ0) is 30.8. The van der Waals surface area contributed by atoms with Gasteiger partial charge in [0.2, 0.25) is 0 Å². The van der Waals surface area contributed by atoms with E-state index in [1.165, 1.54) is 0 Å². The first-order chi connectivity index (χ1) is 20.1. The molecule has 2 N–H and O–H groups in total. The molecule has 0 aliphatic heterocycles. The predicted octanol–water partition coefficient (Wildman–Crippen LogP) is 5.15. The van der Waals surface area contributed by atoms with E-state index in [4.69, 9.17) is 18.9 Å². The van der Waals surface area contributed by atoms with Crippen molar-refractivity contribution in [3.63, 3.8) is 0 Å². The third-order valence-corrected chi connectivity index (χ3v) is 6.95. The van der Waals surface area contributed by atoms with Crippen molar-refractivity contribution in [1.82, 2.24) is 14.8 Å². The third-order valence-electron chi connectivity index (χ3n) is 6.95. The fourth-order valence-electron chi connectivity index (χ4n) is 4.27. The van der Waals surface area contributed by atoms with Crippen LogP contribution < -0.4 is 29.6 Å². The lowest BCUT2D eigenvalue weighted by Crippen LogP contribution is -2.34. The normalized spacial score (nSPS) is 10.5. The van der Waals surface area contributed by atoms with Crippen molar-refractivity contribution in [2.75, 3.05) is 66.3 Å². The average molecular weight is 580 g/mol. The van der Waals surface area contributed by atoms with E-state index in [2.05, 4.69) is 15.6 Å². The number of aryl methyl sites for hydroxylation is 2. The van der Waals surface area contributed by atoms with Gasteiger partial charge in [-0.1, -0.05) is 12.1 Å². The molecule has 0 atom stereocenters. The second-order valence-corrected chi connectivity index (χ2v) is 9.84. The van der Waals surface area contributed by atoms with Crippen molar-refractivity contribution < 1.29 is 28.5 Å². The summed E-state index contributed by atoms with van der Waals surface area (Å²) in [6, 6.07) is 12.6. The lowest BCUT2D eigenvalue weighted by atomic mass is 10.1. The number of nitrogens with one attached hydrogen (secondary N) is 2. The smallest absolute Gasteiger partial charge is 0.321 e. The number of benzene rings is 2. The van der Waals surface area contributed by atoms with Gasteiger partial charge in [0.25, 0.3) is 0 Å². The van der Waals surface area contributed by atoms with Crippen LogP contribution in [0.4, 0.5) is 21.0 Å². The average Bonchev–Trinajstić information content (AvgIpc) is 3.00. The lowest BCUT2D eigenvalue weighted by Gasteiger charge is -2.21. The van der Waals surface area contributed by atoms with Crippen molar-refractivity contribution in [2.45, 2.75) is 26.7 Å². The number of rotatable bonds is 12. The summed E-state index contributed by atoms with van der Waals surface area (Å²) < 4.78 is 21.3. The van der Waals surface area contributed by atoms with Crippen molar-refractivity contribution in [1.29, 1.82) is 0 Å². The Balaban J connectivity index is 1.59. The van der Waals surface area contributed by atoms with Gasteiger partial charge in [-0.3, -0.25) is 4.98 Å². The molecule has 0 saturated heterocycles. The van der Waals surface area contributed by atoms with Gasteiger partial charge in [0.1, 0.15) is 0 Å². The molecule has 0 radical (unpaired) electrons. The maximum Gasteiger partial charge on any atom is 0.321 e. The number of aromatic nitrogens is 1. The molecule has 0 saturated carbocycles. The van der Waals surface area contributed by atoms with Gasteiger partial charge in [-0.05, 0) is 68.1 Å². The Labute approximate surface area is 247 Å². The van der Waals surface area contributed by atoms with Crippen molar-refractivity contribution in [2.24, 2.45) is 0 Å². The molecule has 42 heavy (non-hydrogen) atoms. The Morgan fingerprint density at radius 2 is 1.02 bits per heavy atom. The molecule has 1 aromatic heterocycles. The van der Waals surface area contributed by atoms with E-state index < -0.39 is 0 Å². The van der Waals surface area contributed by atoms with Crippen LogP contribution in [-0.4, -0.2) is 82.5 Å². The molecule has 4 amide bonds. The summed E-state index contributed by atoms with van der Waals surface area (Å²) in [5.41, 5.74) is 4.36. The highest BCUT2D eigenvalue weighted by atomic mass is 16.5. The highest BCUT2D eigenvalue weighted by Crippen LogP contribution is 2.29. The summed E-state index contributed by atoms with van der Waals surface area (Å²) >= 11 is 0. The quantitative estimate of drug-likeness (QED) is 0.305. The standard InChI is InChI=1S/C31H41N5O6/c1-20-24(33-30(37)35(3)15-13-22-9-11-26(39-5)28(17-22)41-7)19-25(21(2)32-20)34-31(38)36(4)16-14-23-10-12-27(40-6)29(18-23)42-8/h9-12,17-19H,13-16H2,1-8H3,(H,33,37)(H,34,38). The molecular weight excluding hydrogens is 538 g/mol. The number of urea groups is 2. The van der Waals surface area contributed by atoms with E-state index in [-0.39, 0.29) is 12.1 Å². The highest BCUT2D eigenvalue weighted by molar-refractivity contribution is 5.93. The summed E-state index contributed by atoms with van der Waals surface area (Å²) in [5.74, 6) is 2.60. The van der Waals surface area contributed by atoms with Crippen LogP contribution in [0.25, 0.3) is 0 Å². The number of amides is 4. The monoisotopic (exact) mass is 579 g/mol. The number of ether oxygens (including phenoxy) is 4. The lowest BCUT2D eigenvalue weighted by molar-refractivity contribution is 0.222. The van der Waals surface area contributed by atoms with Gasteiger partial charge in [-0.25, -0.2) is 9.59 Å². The predicted molar refractivity (Wildman–Crippen MR) is 164 cm³/mol. The summed E-state index contributed by atoms with van der Waals surface area (Å²) in [6.07, 6.45) is 1.26. The van der Waals surface area contributed by atoms with Gasteiger partial charge in [0.05, 0.1) is 51.2 Å². The Kier molecular flexibility index (Phi) is 11.2. The SMILES string of the molecule is COc1ccc(CCN(C)C(=O)Nc2cc(NC(=O)N(C)CCc3ccc(OC)c(OC)c3)c(C)nc2C)cc1OC. The molecule has 2 aromatic carbocycles. The van der Waals surface area contributed by atoms with Gasteiger partial charge in [0.15, 0.2) is 23.0 Å². The molecule has 0 aliphatic rings. The number of nitrogens with zero attached hydrogens (tertiary/aromatic N) is 3. The van der Waals surface area contributed by atoms with Gasteiger partial charge >= 0.3 is 12.1 Å². The summed E-state index contributed by atoms with van der Waals surface area (Å²) in [7, 11) is 9.82. The molecule has 0 aliphatic carbocycles. The van der Waals surface area contributed by atoms with Crippen LogP contribution in [0.2, 0.25) is 0 Å². The van der Waals surface area contributed by atoms with Gasteiger partial charge in [0, 0.05) is 27.2 Å². The molecular formula is C31H41N5O6. The number of methoxy groups -OCH3 is 4. The topological polar surface area (TPSA) is 114 Å². The van der Waals surface area contributed by atoms with Crippen molar-refractivity contribution in [3.8, 4) is 23.0 Å². The Bertz CT molecular complexity index is 1300. The zero-order valence-corrected chi connectivity index (χ0v) is 25.7. The molecule has 0 unspecified atom stereocenters. The Morgan fingerprint density at radius 1 is 0.643 bits per heavy atom. The number of hydrogen-bond acceptors (Lipinski definition) is 7. The van der Waals surface area contributed by atoms with E-state index >= 15 is 0 Å². The fourth-order valence-corrected chi connectivity index (χ4v) is 4.27. The van der Waals surface area contributed by atoms with E-state index in [0.717, 1.165) is 11.1 Å². The van der Waals surface area contributed by atoms with Crippen molar-refractivity contribution >= 4 is 23.4 Å². The molecule has 226 valence electrons. The summed E-state index contributed by atoms with van der Waals surface area (Å²) in [6.45, 7) is 4.59. The number of carbonyl (C=O) groups excluding carboxylic acids is 2. The van der Waals surface area contributed by atoms with Crippen LogP contribution in [0.1, 0.15) is 22.5 Å². The van der Waals surface area contributed by atoms with Crippen LogP contribution >= 0.6 is 0 Å². The van der Waals surface area contributed by atoms with E-state index in [1.54, 1.807) is 58.4 Å². The highest BCUT2D eigenvalue weighted by Gasteiger charge is 2.16. The number of likely N-dealkylation sites (N-methyl/N-ethyl adjacent to an activating group) is 2. The summed E-state index contributed by atoms with van der Waals surface area (Å²) in [4.78, 5) is 33.7. The van der Waals surface area contributed by atoms with E-state index in [1.807, 2.05) is 50.2 Å². The van der Waals surface area contributed by atoms with E-state index in [9.17, 15) is 9.59 Å². The van der Waals surface area contributed by atoms with Gasteiger partial charge < -0.3 is 39.4 Å². The molecule has 1 heterocycles. The number of hydrogen-bond donors (Lipinski definition) is 2. The van der Waals surface area contributed by atoms with Crippen LogP contribution in [0.3, 0.4) is 0 Å². The Morgan fingerprint density at radius 3 is 1.38 bits per heavy atom. The third kappa shape index (κ3) is 8.18. The second-order valence-electron chi connectivity index (χ2n) is 9.84. The van der Waals surface area contributed by atoms with Crippen LogP contribution in [0.5, 0.6) is 23.0 Å². The summed E-state index contributed by atoms with van der Waals surface area (Å²) in [5, 5.41) is 5.83. The molecule has 0 spiro atoms. The van der Waals surface area contributed by atoms with Gasteiger partial charge in [-0.2, -0.15) is 0 Å². The minimum atomic E-state index is -0.284. The molecule has 0 fully saturated rings. The van der Waals surface area contributed by atoms with Crippen molar-refractivity contribution in [3.05, 3.63) is 65.0 Å². The maximum atomic E-state index is 13.0. The molecule has 11 heteroatoms. The molecule has 3 aromatic rings. The minimum Gasteiger partial charge on any atom is -0.493 e. The first kappa shape index (κ1) is 31.9. The van der Waals surface area contributed by atoms with Crippen LogP contribution in [0.15, 0.2) is 42.5 Å². The number of anilines is 2. The fraction of sp³-hybridized carbons (Fsp3) is 0.387. The zero-order valence-electron chi connectivity index (χ0n) is 25.7. The molecule has 3 rings (SSSR count). The second kappa shape index (κ2) is 14.8.